The highest BCUT2D eigenvalue weighted by Gasteiger charge is 2.39. The lowest BCUT2D eigenvalue weighted by molar-refractivity contribution is -0.137. The molecule has 0 bridgehead atoms. The van der Waals surface area contributed by atoms with E-state index in [1.165, 1.54) is 0 Å². The number of carboxylic acids is 1. The molecule has 6 nitrogen and oxygen atoms in total. The molecule has 0 saturated carbocycles. The predicted octanol–water partition coefficient (Wildman–Crippen LogP) is 0.226. The molecule has 1 heterocycles. The number of likely N-dealkylation sites (N-methyl/N-ethyl adjacent to an activating group) is 1. The molecule has 1 fully saturated rings. The number of amides is 1. The summed E-state index contributed by atoms with van der Waals surface area (Å²) >= 11 is 0. The largest absolute Gasteiger partial charge is 0.481 e. The number of nitrogens with zero attached hydrogens (tertiary/aromatic N) is 2. The summed E-state index contributed by atoms with van der Waals surface area (Å²) < 4.78 is 0. The second-order valence-corrected chi connectivity index (χ2v) is 6.32. The Morgan fingerprint density at radius 2 is 2.05 bits per heavy atom. The third-order valence-electron chi connectivity index (χ3n) is 4.43. The molecule has 116 valence electrons. The number of carboxylic acid groups (broad SMARTS) is 1. The topological polar surface area (TPSA) is 86.9 Å². The zero-order chi connectivity index (χ0) is 15.3. The van der Waals surface area contributed by atoms with Gasteiger partial charge in [-0.3, -0.25) is 9.59 Å². The Bertz CT molecular complexity index is 358. The normalized spacial score (nSPS) is 20.5. The van der Waals surface area contributed by atoms with Gasteiger partial charge in [-0.15, -0.1) is 0 Å². The Hall–Kier alpha value is -1.14. The maximum atomic E-state index is 11.5. The molecule has 1 rings (SSSR count). The Morgan fingerprint density at radius 3 is 2.60 bits per heavy atom. The van der Waals surface area contributed by atoms with Gasteiger partial charge in [0.15, 0.2) is 0 Å². The summed E-state index contributed by atoms with van der Waals surface area (Å²) in [5, 5.41) is 8.64. The molecular formula is C14H27N3O3. The number of hydrogen-bond donors (Lipinski definition) is 2. The average molecular weight is 285 g/mol. The predicted molar refractivity (Wildman–Crippen MR) is 77.3 cm³/mol. The number of nitrogens with two attached hydrogens (primary N) is 1. The van der Waals surface area contributed by atoms with Crippen molar-refractivity contribution in [1.82, 2.24) is 9.80 Å². The van der Waals surface area contributed by atoms with Crippen molar-refractivity contribution in [1.29, 1.82) is 0 Å². The third kappa shape index (κ3) is 4.76. The van der Waals surface area contributed by atoms with Gasteiger partial charge in [0.2, 0.25) is 5.91 Å². The molecule has 0 aromatic rings. The Balaban J connectivity index is 2.31. The number of primary amides is 1. The highest BCUT2D eigenvalue weighted by molar-refractivity contribution is 5.80. The van der Waals surface area contributed by atoms with Gasteiger partial charge >= 0.3 is 5.97 Å². The van der Waals surface area contributed by atoms with Crippen LogP contribution in [0.3, 0.4) is 0 Å². The summed E-state index contributed by atoms with van der Waals surface area (Å²) in [4.78, 5) is 26.3. The zero-order valence-electron chi connectivity index (χ0n) is 12.8. The van der Waals surface area contributed by atoms with E-state index in [1.54, 1.807) is 0 Å². The van der Waals surface area contributed by atoms with Gasteiger partial charge in [-0.05, 0) is 25.9 Å². The first-order chi connectivity index (χ1) is 9.23. The highest BCUT2D eigenvalue weighted by Crippen LogP contribution is 2.33. The van der Waals surface area contributed by atoms with E-state index >= 15 is 0 Å². The molecule has 1 atom stereocenters. The number of aliphatic carboxylic acids is 1. The molecule has 1 unspecified atom stereocenters. The monoisotopic (exact) mass is 285 g/mol. The van der Waals surface area contributed by atoms with Gasteiger partial charge in [0.25, 0.3) is 0 Å². The fourth-order valence-corrected chi connectivity index (χ4v) is 2.54. The molecule has 0 radical (unpaired) electrons. The van der Waals surface area contributed by atoms with Crippen LogP contribution in [0.5, 0.6) is 0 Å². The van der Waals surface area contributed by atoms with Crippen molar-refractivity contribution < 1.29 is 14.7 Å². The van der Waals surface area contributed by atoms with E-state index in [2.05, 4.69) is 4.90 Å². The van der Waals surface area contributed by atoms with Crippen molar-refractivity contribution in [2.75, 3.05) is 39.8 Å². The van der Waals surface area contributed by atoms with Crippen LogP contribution in [0.4, 0.5) is 0 Å². The molecule has 1 saturated heterocycles. The average Bonchev–Trinajstić information content (AvgIpc) is 2.83. The second-order valence-electron chi connectivity index (χ2n) is 6.32. The second kappa shape index (κ2) is 7.04. The number of hydrogen-bond acceptors (Lipinski definition) is 4. The lowest BCUT2D eigenvalue weighted by Gasteiger charge is -2.28. The van der Waals surface area contributed by atoms with Crippen LogP contribution >= 0.6 is 0 Å². The molecule has 0 aromatic carbocycles. The lowest BCUT2D eigenvalue weighted by Crippen LogP contribution is -2.40. The Kier molecular flexibility index (Phi) is 5.95. The maximum absolute atomic E-state index is 11.5. The number of rotatable bonds is 8. The summed E-state index contributed by atoms with van der Waals surface area (Å²) in [7, 11) is 1.93. The summed E-state index contributed by atoms with van der Waals surface area (Å²) in [6.07, 6.45) is 1.17. The van der Waals surface area contributed by atoms with Gasteiger partial charge in [-0.2, -0.15) is 0 Å². The van der Waals surface area contributed by atoms with E-state index in [0.717, 1.165) is 32.6 Å². The molecule has 1 aliphatic heterocycles. The third-order valence-corrected chi connectivity index (χ3v) is 4.43. The van der Waals surface area contributed by atoms with Crippen LogP contribution in [-0.2, 0) is 9.59 Å². The van der Waals surface area contributed by atoms with E-state index < -0.39 is 11.4 Å². The van der Waals surface area contributed by atoms with Crippen LogP contribution in [0.25, 0.3) is 0 Å². The quantitative estimate of drug-likeness (QED) is 0.666. The molecule has 3 N–H and O–H groups in total. The van der Waals surface area contributed by atoms with Gasteiger partial charge in [-0.1, -0.05) is 13.8 Å². The van der Waals surface area contributed by atoms with Gasteiger partial charge < -0.3 is 20.6 Å². The standard InChI is InChI=1S/C14H27N3O3/c1-14(2,13(15)20)11-4-7-17(10-11)9-8-16(3)6-5-12(18)19/h11H,4-10H2,1-3H3,(H2,15,20)(H,18,19). The van der Waals surface area contributed by atoms with E-state index in [-0.39, 0.29) is 12.3 Å². The van der Waals surface area contributed by atoms with Crippen LogP contribution in [0.2, 0.25) is 0 Å². The maximum Gasteiger partial charge on any atom is 0.304 e. The molecular weight excluding hydrogens is 258 g/mol. The fraction of sp³-hybridized carbons (Fsp3) is 0.857. The molecule has 20 heavy (non-hydrogen) atoms. The zero-order valence-corrected chi connectivity index (χ0v) is 12.8. The van der Waals surface area contributed by atoms with Gasteiger partial charge in [0.1, 0.15) is 0 Å². The first-order valence-corrected chi connectivity index (χ1v) is 7.16. The first kappa shape index (κ1) is 16.9. The summed E-state index contributed by atoms with van der Waals surface area (Å²) in [6.45, 7) is 8.03. The van der Waals surface area contributed by atoms with E-state index in [4.69, 9.17) is 10.8 Å². The molecule has 0 aromatic heterocycles. The van der Waals surface area contributed by atoms with Crippen LogP contribution in [0, 0.1) is 11.3 Å². The number of carbonyl (C=O) groups is 2. The van der Waals surface area contributed by atoms with Crippen LogP contribution < -0.4 is 5.73 Å². The van der Waals surface area contributed by atoms with Crippen molar-refractivity contribution in [3.63, 3.8) is 0 Å². The van der Waals surface area contributed by atoms with Crippen LogP contribution in [0.1, 0.15) is 26.7 Å². The van der Waals surface area contributed by atoms with Gasteiger partial charge in [0, 0.05) is 31.6 Å². The van der Waals surface area contributed by atoms with Gasteiger partial charge in [0.05, 0.1) is 6.42 Å². The van der Waals surface area contributed by atoms with Crippen molar-refractivity contribution in [3.05, 3.63) is 0 Å². The van der Waals surface area contributed by atoms with Crippen molar-refractivity contribution in [2.45, 2.75) is 26.7 Å². The Morgan fingerprint density at radius 1 is 1.40 bits per heavy atom. The van der Waals surface area contributed by atoms with Crippen LogP contribution in [-0.4, -0.2) is 66.6 Å². The number of likely N-dealkylation sites (tertiary alicyclic amines) is 1. The fourth-order valence-electron chi connectivity index (χ4n) is 2.54. The number of carbonyl (C=O) groups excluding carboxylic acids is 1. The highest BCUT2D eigenvalue weighted by atomic mass is 16.4. The molecule has 1 amide bonds. The first-order valence-electron chi connectivity index (χ1n) is 7.16. The minimum absolute atomic E-state index is 0.174. The van der Waals surface area contributed by atoms with E-state index in [9.17, 15) is 9.59 Å². The molecule has 0 spiro atoms. The minimum Gasteiger partial charge on any atom is -0.481 e. The van der Waals surface area contributed by atoms with Gasteiger partial charge in [-0.25, -0.2) is 0 Å². The molecule has 6 heteroatoms. The SMILES string of the molecule is CN(CCC(=O)O)CCN1CCC(C(C)(C)C(N)=O)C1. The summed E-state index contributed by atoms with van der Waals surface area (Å²) in [5.74, 6) is -0.687. The molecule has 0 aliphatic carbocycles. The van der Waals surface area contributed by atoms with E-state index in [1.807, 2.05) is 25.8 Å². The molecule has 1 aliphatic rings. The Labute approximate surface area is 120 Å². The smallest absolute Gasteiger partial charge is 0.304 e. The lowest BCUT2D eigenvalue weighted by atomic mass is 9.78. The van der Waals surface area contributed by atoms with Crippen LogP contribution in [0.15, 0.2) is 0 Å². The van der Waals surface area contributed by atoms with Crippen molar-refractivity contribution in [3.8, 4) is 0 Å². The summed E-state index contributed by atoms with van der Waals surface area (Å²) in [5.41, 5.74) is 5.01. The summed E-state index contributed by atoms with van der Waals surface area (Å²) in [6, 6.07) is 0. The minimum atomic E-state index is -0.763. The van der Waals surface area contributed by atoms with Crippen molar-refractivity contribution >= 4 is 11.9 Å². The van der Waals surface area contributed by atoms with E-state index in [0.29, 0.717) is 12.5 Å². The van der Waals surface area contributed by atoms with Crippen molar-refractivity contribution in [2.24, 2.45) is 17.1 Å².